The maximum atomic E-state index is 12.8. The van der Waals surface area contributed by atoms with Crippen LogP contribution in [0.2, 0.25) is 0 Å². The predicted octanol–water partition coefficient (Wildman–Crippen LogP) is 4.78. The van der Waals surface area contributed by atoms with Crippen molar-refractivity contribution in [2.24, 2.45) is 5.10 Å². The molecule has 0 heterocycles. The van der Waals surface area contributed by atoms with Gasteiger partial charge in [-0.15, -0.1) is 5.10 Å². The Bertz CT molecular complexity index is 475. The van der Waals surface area contributed by atoms with Gasteiger partial charge in [0.15, 0.2) is 0 Å². The maximum absolute atomic E-state index is 12.8. The molecule has 0 saturated heterocycles. The second-order valence-corrected chi connectivity index (χ2v) is 3.88. The fourth-order valence-electron chi connectivity index (χ4n) is 0.979. The predicted molar refractivity (Wildman–Crippen MR) is 43.3 cm³/mol. The van der Waals surface area contributed by atoms with E-state index in [-0.39, 0.29) is 0 Å². The number of rotatable bonds is 6. The Hall–Kier alpha value is -1.58. The topological polar surface area (TPSA) is 15.6 Å². The first-order valence-corrected chi connectivity index (χ1v) is 4.79. The first-order chi connectivity index (χ1) is 10.2. The molecule has 0 bridgehead atoms. The molecule has 0 aromatic heterocycles. The normalized spacial score (nSPS) is 16.0. The number of nitrogens with zero attached hydrogens (tertiary/aromatic N) is 2. The Labute approximate surface area is 120 Å². The highest BCUT2D eigenvalue weighted by Gasteiger charge is 2.90. The van der Waals surface area contributed by atoms with Crippen molar-refractivity contribution in [3.05, 3.63) is 0 Å². The van der Waals surface area contributed by atoms with Crippen LogP contribution in [0.15, 0.2) is 5.10 Å². The van der Waals surface area contributed by atoms with Gasteiger partial charge < -0.3 is 0 Å². The molecule has 0 amide bonds. The van der Waals surface area contributed by atoms with Crippen molar-refractivity contribution >= 4 is 6.21 Å². The minimum absolute atomic E-state index is 1.03. The van der Waals surface area contributed by atoms with E-state index < -0.39 is 47.5 Å². The molecule has 0 aromatic rings. The van der Waals surface area contributed by atoms with Gasteiger partial charge in [-0.05, 0) is 8.96 Å². The number of hydrogen-bond donors (Lipinski definition) is 0. The Morgan fingerprint density at radius 3 is 1.17 bits per heavy atom. The van der Waals surface area contributed by atoms with E-state index in [0.717, 1.165) is 5.10 Å². The van der Waals surface area contributed by atoms with Crippen LogP contribution in [0.3, 0.4) is 0 Å². The van der Waals surface area contributed by atoms with E-state index in [1.165, 1.54) is 0 Å². The summed E-state index contributed by atoms with van der Waals surface area (Å²) in [7, 11) is 0. The lowest BCUT2D eigenvalue weighted by Gasteiger charge is -2.38. The molecule has 0 saturated carbocycles. The molecule has 0 unspecified atom stereocenters. The average Bonchev–Trinajstić information content (AvgIpc) is 2.34. The van der Waals surface area contributed by atoms with E-state index in [4.69, 9.17) is 0 Å². The molecule has 0 spiro atoms. The zero-order chi connectivity index (χ0) is 20.0. The Morgan fingerprint density at radius 1 is 0.542 bits per heavy atom. The third-order valence-corrected chi connectivity index (χ3v) is 2.26. The molecular weight excluding hydrogens is 397 g/mol. The fourth-order valence-corrected chi connectivity index (χ4v) is 0.979. The summed E-state index contributed by atoms with van der Waals surface area (Å²) < 4.78 is 184. The second kappa shape index (κ2) is 5.75. The van der Waals surface area contributed by atoms with Crippen LogP contribution in [0.25, 0.3) is 0 Å². The van der Waals surface area contributed by atoms with Crippen LogP contribution < -0.4 is 0 Å². The van der Waals surface area contributed by atoms with Gasteiger partial charge in [0.2, 0.25) is 0 Å². The van der Waals surface area contributed by atoms with Gasteiger partial charge in [-0.25, -0.2) is 0 Å². The lowest BCUT2D eigenvalue weighted by Crippen LogP contribution is -2.70. The van der Waals surface area contributed by atoms with Gasteiger partial charge in [0.25, 0.3) is 0 Å². The molecule has 0 aliphatic heterocycles. The van der Waals surface area contributed by atoms with E-state index in [2.05, 4.69) is 0 Å². The summed E-state index contributed by atoms with van der Waals surface area (Å²) in [4.78, 5) is 0. The second-order valence-electron chi connectivity index (χ2n) is 3.88. The Morgan fingerprint density at radius 2 is 0.875 bits per heavy atom. The monoisotopic (exact) mass is 398 g/mol. The van der Waals surface area contributed by atoms with Gasteiger partial charge in [-0.3, -0.25) is 0 Å². The molecular formula is C7HF15N2. The number of hydrogen-bond acceptors (Lipinski definition) is 2. The van der Waals surface area contributed by atoms with Crippen LogP contribution in [-0.4, -0.2) is 47.5 Å². The van der Waals surface area contributed by atoms with Gasteiger partial charge >= 0.3 is 35.8 Å². The highest BCUT2D eigenvalue weighted by atomic mass is 19.4. The van der Waals surface area contributed by atoms with Crippen LogP contribution in [0.1, 0.15) is 0 Å². The molecule has 17 heteroatoms. The van der Waals surface area contributed by atoms with Gasteiger partial charge in [-0.2, -0.15) is 57.1 Å². The molecule has 0 rings (SSSR count). The van der Waals surface area contributed by atoms with Gasteiger partial charge in [0.1, 0.15) is 6.21 Å². The summed E-state index contributed by atoms with van der Waals surface area (Å²) in [5.74, 6) is -38.4. The van der Waals surface area contributed by atoms with E-state index in [0.29, 0.717) is 0 Å². The summed E-state index contributed by atoms with van der Waals surface area (Å²) in [5.41, 5.74) is -2.69. The SMILES string of the molecule is FN(F)N=CC(F)(F)C(F)(F)C(F)(F)C(F)(F)C(F)(F)C(F)(F)F. The quantitative estimate of drug-likeness (QED) is 0.272. The average molecular weight is 398 g/mol. The highest BCUT2D eigenvalue weighted by Crippen LogP contribution is 2.59. The van der Waals surface area contributed by atoms with Crippen molar-refractivity contribution in [1.29, 1.82) is 0 Å². The van der Waals surface area contributed by atoms with Crippen LogP contribution in [-0.2, 0) is 0 Å². The van der Waals surface area contributed by atoms with Crippen molar-refractivity contribution in [2.45, 2.75) is 35.8 Å². The van der Waals surface area contributed by atoms with Gasteiger partial charge in [0, 0.05) is 0 Å². The van der Waals surface area contributed by atoms with E-state index >= 15 is 0 Å². The summed E-state index contributed by atoms with van der Waals surface area (Å²) in [6.45, 7) is 0. The van der Waals surface area contributed by atoms with Gasteiger partial charge in [-0.1, -0.05) is 0 Å². The van der Waals surface area contributed by atoms with Crippen molar-refractivity contribution in [3.8, 4) is 0 Å². The minimum Gasteiger partial charge on any atom is -0.193 e. The van der Waals surface area contributed by atoms with E-state index in [9.17, 15) is 66.0 Å². The van der Waals surface area contributed by atoms with Crippen LogP contribution in [0.5, 0.6) is 0 Å². The Balaban J connectivity index is 6.20. The zero-order valence-electron chi connectivity index (χ0n) is 10.1. The van der Waals surface area contributed by atoms with Crippen molar-refractivity contribution in [3.63, 3.8) is 0 Å². The number of alkyl halides is 13. The highest BCUT2D eigenvalue weighted by molar-refractivity contribution is 5.68. The standard InChI is InChI=1S/C7HF15N2/c8-2(9,1-23-24(21)22)3(10,11)4(12,13)5(14,15)6(16,17)7(18,19)20/h1H. The summed E-state index contributed by atoms with van der Waals surface area (Å²) in [6.07, 6.45) is -9.57. The molecule has 0 aliphatic rings. The third-order valence-electron chi connectivity index (χ3n) is 2.26. The van der Waals surface area contributed by atoms with E-state index in [1.807, 2.05) is 0 Å². The largest absolute Gasteiger partial charge is 0.460 e. The lowest BCUT2D eigenvalue weighted by molar-refractivity contribution is -0.434. The first-order valence-electron chi connectivity index (χ1n) is 4.79. The smallest absolute Gasteiger partial charge is 0.193 e. The molecule has 0 N–H and O–H groups in total. The summed E-state index contributed by atoms with van der Waals surface area (Å²) >= 11 is 0. The molecule has 0 atom stereocenters. The number of halogens is 15. The minimum atomic E-state index is -8.08. The molecule has 0 aromatic carbocycles. The molecule has 0 fully saturated rings. The zero-order valence-corrected chi connectivity index (χ0v) is 10.1. The maximum Gasteiger partial charge on any atom is 0.460 e. The number of hydrazone groups is 1. The van der Waals surface area contributed by atoms with Crippen molar-refractivity contribution in [1.82, 2.24) is 5.45 Å². The molecule has 2 nitrogen and oxygen atoms in total. The molecule has 0 radical (unpaired) electrons. The Kier molecular flexibility index (Phi) is 5.37. The van der Waals surface area contributed by atoms with Crippen LogP contribution in [0, 0.1) is 0 Å². The third kappa shape index (κ3) is 3.15. The molecule has 144 valence electrons. The molecule has 24 heavy (non-hydrogen) atoms. The summed E-state index contributed by atoms with van der Waals surface area (Å²) in [5, 5.41) is 1.03. The van der Waals surface area contributed by atoms with Gasteiger partial charge in [0.05, 0.1) is 5.45 Å². The van der Waals surface area contributed by atoms with Crippen molar-refractivity contribution < 1.29 is 66.0 Å². The van der Waals surface area contributed by atoms with E-state index in [1.54, 1.807) is 0 Å². The molecule has 0 aliphatic carbocycles. The lowest BCUT2D eigenvalue weighted by atomic mass is 9.94. The van der Waals surface area contributed by atoms with Crippen LogP contribution in [0.4, 0.5) is 66.0 Å². The summed E-state index contributed by atoms with van der Waals surface area (Å²) in [6, 6.07) is 0. The van der Waals surface area contributed by atoms with Crippen molar-refractivity contribution in [2.75, 3.05) is 0 Å². The van der Waals surface area contributed by atoms with Crippen LogP contribution >= 0.6 is 0 Å². The fraction of sp³-hybridized carbons (Fsp3) is 0.857. The first kappa shape index (κ1) is 22.4.